The number of carbonyl (C=O) groups is 1. The molecular weight excluding hydrogens is 150 g/mol. The van der Waals surface area contributed by atoms with Crippen molar-refractivity contribution >= 4 is 5.91 Å². The van der Waals surface area contributed by atoms with E-state index in [9.17, 15) is 4.79 Å². The third-order valence-electron chi connectivity index (χ3n) is 3.03. The van der Waals surface area contributed by atoms with Crippen LogP contribution in [0.5, 0.6) is 0 Å². The van der Waals surface area contributed by atoms with Gasteiger partial charge in [0.15, 0.2) is 0 Å². The zero-order valence-electron chi connectivity index (χ0n) is 7.92. The second kappa shape index (κ2) is 2.75. The molecule has 0 radical (unpaired) electrons. The summed E-state index contributed by atoms with van der Waals surface area (Å²) >= 11 is 0. The Balaban J connectivity index is 1.78. The lowest BCUT2D eigenvalue weighted by Crippen LogP contribution is -2.30. The van der Waals surface area contributed by atoms with Crippen LogP contribution in [-0.2, 0) is 4.79 Å². The lowest BCUT2D eigenvalue weighted by Gasteiger charge is -2.16. The average molecular weight is 167 g/mol. The van der Waals surface area contributed by atoms with Crippen molar-refractivity contribution in [1.29, 1.82) is 0 Å². The number of rotatable bonds is 3. The maximum absolute atomic E-state index is 11.6. The fourth-order valence-electron chi connectivity index (χ4n) is 1.73. The smallest absolute Gasteiger partial charge is 0.225 e. The average Bonchev–Trinajstić information content (AvgIpc) is 2.86. The molecule has 0 aliphatic heterocycles. The molecule has 12 heavy (non-hydrogen) atoms. The molecule has 0 aromatic rings. The third-order valence-corrected chi connectivity index (χ3v) is 3.03. The van der Waals surface area contributed by atoms with Gasteiger partial charge in [0.05, 0.1) is 0 Å². The van der Waals surface area contributed by atoms with Crippen LogP contribution in [0.4, 0.5) is 0 Å². The van der Waals surface area contributed by atoms with Gasteiger partial charge in [0.25, 0.3) is 0 Å². The van der Waals surface area contributed by atoms with Crippen LogP contribution >= 0.6 is 0 Å². The van der Waals surface area contributed by atoms with Gasteiger partial charge in [-0.25, -0.2) is 0 Å². The molecular formula is C10H17NO. The van der Waals surface area contributed by atoms with Crippen molar-refractivity contribution in [2.75, 3.05) is 13.6 Å². The van der Waals surface area contributed by atoms with Gasteiger partial charge in [0.2, 0.25) is 5.91 Å². The normalized spacial score (nSPS) is 33.2. The van der Waals surface area contributed by atoms with E-state index in [0.29, 0.717) is 17.7 Å². The van der Waals surface area contributed by atoms with E-state index in [1.54, 1.807) is 0 Å². The second-order valence-corrected chi connectivity index (χ2v) is 4.48. The molecule has 2 unspecified atom stereocenters. The minimum Gasteiger partial charge on any atom is -0.345 e. The van der Waals surface area contributed by atoms with Gasteiger partial charge in [-0.15, -0.1) is 0 Å². The van der Waals surface area contributed by atoms with Gasteiger partial charge in [0, 0.05) is 19.5 Å². The summed E-state index contributed by atoms with van der Waals surface area (Å²) in [4.78, 5) is 13.5. The van der Waals surface area contributed by atoms with E-state index >= 15 is 0 Å². The molecule has 0 spiro atoms. The van der Waals surface area contributed by atoms with Crippen LogP contribution in [0, 0.1) is 17.8 Å². The summed E-state index contributed by atoms with van der Waals surface area (Å²) in [5.74, 6) is 2.23. The van der Waals surface area contributed by atoms with Crippen molar-refractivity contribution in [3.63, 3.8) is 0 Å². The molecule has 2 heteroatoms. The Morgan fingerprint density at radius 1 is 1.50 bits per heavy atom. The SMILES string of the molecule is CC1CC1C(=O)N(C)CC1CC1. The number of hydrogen-bond acceptors (Lipinski definition) is 1. The van der Waals surface area contributed by atoms with Crippen LogP contribution in [0.1, 0.15) is 26.2 Å². The first-order valence-electron chi connectivity index (χ1n) is 4.93. The first-order chi connectivity index (χ1) is 5.68. The fourth-order valence-corrected chi connectivity index (χ4v) is 1.73. The molecule has 2 atom stereocenters. The summed E-state index contributed by atoms with van der Waals surface area (Å²) in [5, 5.41) is 0. The Hall–Kier alpha value is -0.530. The predicted octanol–water partition coefficient (Wildman–Crippen LogP) is 1.51. The second-order valence-electron chi connectivity index (χ2n) is 4.48. The number of nitrogens with zero attached hydrogens (tertiary/aromatic N) is 1. The molecule has 2 aliphatic rings. The van der Waals surface area contributed by atoms with Crippen molar-refractivity contribution in [2.45, 2.75) is 26.2 Å². The molecule has 68 valence electrons. The maximum atomic E-state index is 11.6. The van der Waals surface area contributed by atoms with E-state index in [0.717, 1.165) is 18.9 Å². The molecule has 0 bridgehead atoms. The Morgan fingerprint density at radius 2 is 2.08 bits per heavy atom. The Morgan fingerprint density at radius 3 is 2.50 bits per heavy atom. The quantitative estimate of drug-likeness (QED) is 0.624. The van der Waals surface area contributed by atoms with Crippen molar-refractivity contribution in [2.24, 2.45) is 17.8 Å². The van der Waals surface area contributed by atoms with Gasteiger partial charge in [-0.2, -0.15) is 0 Å². The van der Waals surface area contributed by atoms with Gasteiger partial charge < -0.3 is 4.90 Å². The van der Waals surface area contributed by atoms with E-state index in [4.69, 9.17) is 0 Å². The Kier molecular flexibility index (Phi) is 1.85. The topological polar surface area (TPSA) is 20.3 Å². The summed E-state index contributed by atoms with van der Waals surface area (Å²) in [6.45, 7) is 3.16. The van der Waals surface area contributed by atoms with Gasteiger partial charge in [0.1, 0.15) is 0 Å². The summed E-state index contributed by atoms with van der Waals surface area (Å²) < 4.78 is 0. The first kappa shape index (κ1) is 8.09. The highest BCUT2D eigenvalue weighted by atomic mass is 16.2. The van der Waals surface area contributed by atoms with Crippen LogP contribution in [0.3, 0.4) is 0 Å². The highest BCUT2D eigenvalue weighted by molar-refractivity contribution is 5.81. The lowest BCUT2D eigenvalue weighted by molar-refractivity contribution is -0.131. The predicted molar refractivity (Wildman–Crippen MR) is 47.6 cm³/mol. The molecule has 0 heterocycles. The van der Waals surface area contributed by atoms with Crippen LogP contribution in [0.25, 0.3) is 0 Å². The highest BCUT2D eigenvalue weighted by Gasteiger charge is 2.41. The van der Waals surface area contributed by atoms with Crippen LogP contribution in [0.2, 0.25) is 0 Å². The number of carbonyl (C=O) groups excluding carboxylic acids is 1. The van der Waals surface area contributed by atoms with Crippen LogP contribution < -0.4 is 0 Å². The standard InChI is InChI=1S/C10H17NO/c1-7-5-9(7)10(12)11(2)6-8-3-4-8/h7-9H,3-6H2,1-2H3. The highest BCUT2D eigenvalue weighted by Crippen LogP contribution is 2.39. The van der Waals surface area contributed by atoms with Gasteiger partial charge in [-0.1, -0.05) is 6.92 Å². The Labute approximate surface area is 73.9 Å². The Bertz CT molecular complexity index is 198. The molecule has 0 N–H and O–H groups in total. The fraction of sp³-hybridized carbons (Fsp3) is 0.900. The van der Waals surface area contributed by atoms with Crippen molar-refractivity contribution < 1.29 is 4.79 Å². The van der Waals surface area contributed by atoms with E-state index in [1.807, 2.05) is 11.9 Å². The van der Waals surface area contributed by atoms with Crippen molar-refractivity contribution in [1.82, 2.24) is 4.90 Å². The molecule has 2 nitrogen and oxygen atoms in total. The third kappa shape index (κ3) is 1.62. The summed E-state index contributed by atoms with van der Waals surface area (Å²) in [6.07, 6.45) is 3.78. The molecule has 0 aromatic heterocycles. The summed E-state index contributed by atoms with van der Waals surface area (Å²) in [7, 11) is 1.95. The maximum Gasteiger partial charge on any atom is 0.225 e. The summed E-state index contributed by atoms with van der Waals surface area (Å²) in [5.41, 5.74) is 0. The first-order valence-corrected chi connectivity index (χ1v) is 4.93. The van der Waals surface area contributed by atoms with Crippen LogP contribution in [-0.4, -0.2) is 24.4 Å². The number of hydrogen-bond donors (Lipinski definition) is 0. The van der Waals surface area contributed by atoms with E-state index < -0.39 is 0 Å². The zero-order valence-corrected chi connectivity index (χ0v) is 7.92. The largest absolute Gasteiger partial charge is 0.345 e. The van der Waals surface area contributed by atoms with Crippen molar-refractivity contribution in [3.05, 3.63) is 0 Å². The minimum atomic E-state index is 0.369. The molecule has 1 amide bonds. The molecule has 2 aliphatic carbocycles. The minimum absolute atomic E-state index is 0.369. The van der Waals surface area contributed by atoms with Gasteiger partial charge >= 0.3 is 0 Å². The van der Waals surface area contributed by atoms with Crippen molar-refractivity contribution in [3.8, 4) is 0 Å². The molecule has 2 fully saturated rings. The van der Waals surface area contributed by atoms with E-state index in [2.05, 4.69) is 6.92 Å². The zero-order chi connectivity index (χ0) is 8.72. The van der Waals surface area contributed by atoms with Crippen LogP contribution in [0.15, 0.2) is 0 Å². The number of amides is 1. The molecule has 2 saturated carbocycles. The summed E-state index contributed by atoms with van der Waals surface area (Å²) in [6, 6.07) is 0. The molecule has 2 rings (SSSR count). The van der Waals surface area contributed by atoms with Gasteiger partial charge in [-0.3, -0.25) is 4.79 Å². The monoisotopic (exact) mass is 167 g/mol. The lowest BCUT2D eigenvalue weighted by atomic mass is 10.3. The van der Waals surface area contributed by atoms with E-state index in [1.165, 1.54) is 12.8 Å². The van der Waals surface area contributed by atoms with E-state index in [-0.39, 0.29) is 0 Å². The van der Waals surface area contributed by atoms with Gasteiger partial charge in [-0.05, 0) is 31.1 Å². The molecule has 0 aromatic carbocycles. The molecule has 0 saturated heterocycles.